The third-order valence-electron chi connectivity index (χ3n) is 4.29. The molecule has 1 heterocycles. The van der Waals surface area contributed by atoms with Gasteiger partial charge in [0.1, 0.15) is 0 Å². The van der Waals surface area contributed by atoms with Crippen LogP contribution in [-0.2, 0) is 4.79 Å². The molecule has 0 bridgehead atoms. The number of amides is 1. The summed E-state index contributed by atoms with van der Waals surface area (Å²) in [5.74, 6) is 1.04. The van der Waals surface area contributed by atoms with E-state index < -0.39 is 0 Å². The van der Waals surface area contributed by atoms with Crippen molar-refractivity contribution in [3.63, 3.8) is 0 Å². The second-order valence-corrected chi connectivity index (χ2v) is 6.54. The number of rotatable bonds is 9. The average molecular weight is 323 g/mol. The summed E-state index contributed by atoms with van der Waals surface area (Å²) in [4.78, 5) is 18.7. The highest BCUT2D eigenvalue weighted by Crippen LogP contribution is 2.18. The molecule has 0 radical (unpaired) electrons. The highest BCUT2D eigenvalue weighted by molar-refractivity contribution is 5.80. The number of nitrogens with zero attached hydrogens (tertiary/aromatic N) is 2. The van der Waals surface area contributed by atoms with Crippen LogP contribution in [0.4, 0.5) is 0 Å². The van der Waals surface area contributed by atoms with E-state index in [1.54, 1.807) is 0 Å². The van der Waals surface area contributed by atoms with Crippen LogP contribution in [0.2, 0.25) is 0 Å². The Kier molecular flexibility index (Phi) is 8.21. The van der Waals surface area contributed by atoms with Crippen LogP contribution in [0.1, 0.15) is 51.9 Å². The molecular weight excluding hydrogens is 290 g/mol. The maximum Gasteiger partial charge on any atom is 0.220 e. The number of carbonyl (C=O) groups excluding carboxylic acids is 1. The van der Waals surface area contributed by atoms with Crippen LogP contribution in [0.3, 0.4) is 0 Å². The fraction of sp³-hybridized carbons (Fsp3) is 0.882. The van der Waals surface area contributed by atoms with E-state index in [0.29, 0.717) is 19.0 Å². The normalized spacial score (nSPS) is 19.4. The number of carbonyl (C=O) groups is 1. The fourth-order valence-corrected chi connectivity index (χ4v) is 2.82. The quantitative estimate of drug-likeness (QED) is 0.337. The predicted octanol–water partition coefficient (Wildman–Crippen LogP) is 1.09. The number of nitrogens with one attached hydrogen (secondary N) is 3. The molecule has 0 aromatic carbocycles. The van der Waals surface area contributed by atoms with Gasteiger partial charge in [-0.15, -0.1) is 0 Å². The van der Waals surface area contributed by atoms with Crippen LogP contribution in [0.25, 0.3) is 0 Å². The standard InChI is InChI=1S/C17H33N5O/c1-2-18-17(20-11-14-22-12-4-3-5-13-22)19-10-6-7-16(23)21-15-8-9-15/h15H,2-14H2,1H3,(H,21,23)(H2,18,19,20). The third-order valence-corrected chi connectivity index (χ3v) is 4.29. The molecule has 2 fully saturated rings. The van der Waals surface area contributed by atoms with Crippen LogP contribution < -0.4 is 16.0 Å². The van der Waals surface area contributed by atoms with Crippen molar-refractivity contribution in [2.75, 3.05) is 39.3 Å². The van der Waals surface area contributed by atoms with Crippen molar-refractivity contribution >= 4 is 11.9 Å². The van der Waals surface area contributed by atoms with Crippen molar-refractivity contribution in [3.05, 3.63) is 0 Å². The molecule has 2 rings (SSSR count). The molecule has 0 aromatic rings. The van der Waals surface area contributed by atoms with E-state index in [9.17, 15) is 4.79 Å². The molecule has 132 valence electrons. The predicted molar refractivity (Wildman–Crippen MR) is 94.7 cm³/mol. The molecule has 1 amide bonds. The summed E-state index contributed by atoms with van der Waals surface area (Å²) in [6.45, 7) is 8.08. The zero-order valence-corrected chi connectivity index (χ0v) is 14.6. The van der Waals surface area contributed by atoms with Crippen molar-refractivity contribution in [2.24, 2.45) is 4.99 Å². The minimum Gasteiger partial charge on any atom is -0.357 e. The first-order chi connectivity index (χ1) is 11.3. The molecule has 1 aliphatic heterocycles. The molecule has 6 heteroatoms. The molecule has 0 atom stereocenters. The Morgan fingerprint density at radius 2 is 1.96 bits per heavy atom. The van der Waals surface area contributed by atoms with E-state index in [1.807, 2.05) is 0 Å². The van der Waals surface area contributed by atoms with Crippen molar-refractivity contribution < 1.29 is 4.79 Å². The van der Waals surface area contributed by atoms with E-state index in [1.165, 1.54) is 32.4 Å². The van der Waals surface area contributed by atoms with Crippen LogP contribution in [0.15, 0.2) is 4.99 Å². The molecule has 1 saturated carbocycles. The molecule has 1 saturated heterocycles. The first kappa shape index (κ1) is 18.0. The Balaban J connectivity index is 1.57. The van der Waals surface area contributed by atoms with E-state index >= 15 is 0 Å². The minimum absolute atomic E-state index is 0.172. The molecule has 2 aliphatic rings. The molecular formula is C17H33N5O. The van der Waals surface area contributed by atoms with Gasteiger partial charge >= 0.3 is 0 Å². The first-order valence-corrected chi connectivity index (χ1v) is 9.32. The molecule has 0 spiro atoms. The van der Waals surface area contributed by atoms with Gasteiger partial charge in [-0.3, -0.25) is 9.79 Å². The highest BCUT2D eigenvalue weighted by Gasteiger charge is 2.22. The van der Waals surface area contributed by atoms with Crippen LogP contribution in [-0.4, -0.2) is 62.1 Å². The van der Waals surface area contributed by atoms with E-state index in [0.717, 1.165) is 44.9 Å². The fourth-order valence-electron chi connectivity index (χ4n) is 2.82. The minimum atomic E-state index is 0.172. The number of likely N-dealkylation sites (tertiary alicyclic amines) is 1. The molecule has 23 heavy (non-hydrogen) atoms. The van der Waals surface area contributed by atoms with Gasteiger partial charge in [0.15, 0.2) is 5.96 Å². The lowest BCUT2D eigenvalue weighted by molar-refractivity contribution is -0.121. The lowest BCUT2D eigenvalue weighted by Crippen LogP contribution is -2.42. The van der Waals surface area contributed by atoms with Crippen LogP contribution in [0.5, 0.6) is 0 Å². The van der Waals surface area contributed by atoms with Gasteiger partial charge in [-0.1, -0.05) is 6.42 Å². The molecule has 1 aliphatic carbocycles. The van der Waals surface area contributed by atoms with E-state index in [-0.39, 0.29) is 5.91 Å². The Bertz CT molecular complexity index is 375. The SMILES string of the molecule is CCNC(=NCCCC(=O)NC1CC1)NCCN1CCCCC1. The van der Waals surface area contributed by atoms with Gasteiger partial charge in [-0.2, -0.15) is 0 Å². The van der Waals surface area contributed by atoms with Crippen molar-refractivity contribution in [3.8, 4) is 0 Å². The Hall–Kier alpha value is -1.30. The number of aliphatic imine (C=N–C) groups is 1. The van der Waals surface area contributed by atoms with Gasteiger partial charge in [-0.05, 0) is 52.1 Å². The lowest BCUT2D eigenvalue weighted by Gasteiger charge is -2.26. The van der Waals surface area contributed by atoms with Crippen molar-refractivity contribution in [2.45, 2.75) is 57.9 Å². The van der Waals surface area contributed by atoms with E-state index in [4.69, 9.17) is 0 Å². The third kappa shape index (κ3) is 8.21. The zero-order chi connectivity index (χ0) is 16.3. The Labute approximate surface area is 140 Å². The van der Waals surface area contributed by atoms with Crippen molar-refractivity contribution in [1.82, 2.24) is 20.9 Å². The monoisotopic (exact) mass is 323 g/mol. The van der Waals surface area contributed by atoms with Crippen molar-refractivity contribution in [1.29, 1.82) is 0 Å². The Morgan fingerprint density at radius 3 is 2.65 bits per heavy atom. The number of hydrogen-bond acceptors (Lipinski definition) is 3. The van der Waals surface area contributed by atoms with Crippen LogP contribution >= 0.6 is 0 Å². The Morgan fingerprint density at radius 1 is 1.17 bits per heavy atom. The maximum absolute atomic E-state index is 11.6. The van der Waals surface area contributed by atoms with Gasteiger partial charge in [-0.25, -0.2) is 0 Å². The molecule has 0 unspecified atom stereocenters. The van der Waals surface area contributed by atoms with Gasteiger partial charge in [0.05, 0.1) is 0 Å². The second-order valence-electron chi connectivity index (χ2n) is 6.54. The van der Waals surface area contributed by atoms with Gasteiger partial charge in [0, 0.05) is 38.6 Å². The summed E-state index contributed by atoms with van der Waals surface area (Å²) in [7, 11) is 0. The van der Waals surface area contributed by atoms with Gasteiger partial charge < -0.3 is 20.9 Å². The maximum atomic E-state index is 11.6. The summed E-state index contributed by atoms with van der Waals surface area (Å²) in [5.41, 5.74) is 0. The van der Waals surface area contributed by atoms with Crippen LogP contribution in [0, 0.1) is 0 Å². The average Bonchev–Trinajstić information content (AvgIpc) is 3.36. The summed E-state index contributed by atoms with van der Waals surface area (Å²) in [6.07, 6.45) is 7.72. The lowest BCUT2D eigenvalue weighted by atomic mass is 10.1. The van der Waals surface area contributed by atoms with E-state index in [2.05, 4.69) is 32.8 Å². The smallest absolute Gasteiger partial charge is 0.220 e. The largest absolute Gasteiger partial charge is 0.357 e. The summed E-state index contributed by atoms with van der Waals surface area (Å²) in [6, 6.07) is 0.458. The van der Waals surface area contributed by atoms with Gasteiger partial charge in [0.25, 0.3) is 0 Å². The molecule has 6 nitrogen and oxygen atoms in total. The molecule has 3 N–H and O–H groups in total. The second kappa shape index (κ2) is 10.5. The first-order valence-electron chi connectivity index (χ1n) is 9.32. The summed E-state index contributed by atoms with van der Waals surface area (Å²) in [5, 5.41) is 9.68. The number of hydrogen-bond donors (Lipinski definition) is 3. The zero-order valence-electron chi connectivity index (χ0n) is 14.6. The highest BCUT2D eigenvalue weighted by atomic mass is 16.1. The summed E-state index contributed by atoms with van der Waals surface area (Å²) >= 11 is 0. The molecule has 0 aromatic heterocycles. The number of piperidine rings is 1. The topological polar surface area (TPSA) is 68.8 Å². The number of guanidine groups is 1. The summed E-state index contributed by atoms with van der Waals surface area (Å²) < 4.78 is 0. The van der Waals surface area contributed by atoms with Gasteiger partial charge in [0.2, 0.25) is 5.91 Å².